The van der Waals surface area contributed by atoms with Gasteiger partial charge in [0.25, 0.3) is 0 Å². The lowest BCUT2D eigenvalue weighted by Gasteiger charge is -2.39. The van der Waals surface area contributed by atoms with Crippen molar-refractivity contribution in [2.45, 2.75) is 26.7 Å². The van der Waals surface area contributed by atoms with Gasteiger partial charge in [-0.15, -0.1) is 0 Å². The van der Waals surface area contributed by atoms with Gasteiger partial charge in [-0.05, 0) is 30.4 Å². The molecule has 1 aromatic rings. The van der Waals surface area contributed by atoms with Gasteiger partial charge >= 0.3 is 0 Å². The molecular weight excluding hydrogens is 262 g/mol. The lowest BCUT2D eigenvalue weighted by molar-refractivity contribution is 0.280. The molecule has 0 aliphatic carbocycles. The van der Waals surface area contributed by atoms with Crippen LogP contribution in [-0.2, 0) is 0 Å². The Morgan fingerprint density at radius 2 is 2.00 bits per heavy atom. The van der Waals surface area contributed by atoms with Gasteiger partial charge in [0.1, 0.15) is 0 Å². The van der Waals surface area contributed by atoms with Crippen LogP contribution in [0.1, 0.15) is 32.3 Å². The first-order valence-corrected chi connectivity index (χ1v) is 6.84. The summed E-state index contributed by atoms with van der Waals surface area (Å²) in [7, 11) is 0. The van der Waals surface area contributed by atoms with E-state index in [4.69, 9.17) is 22.5 Å². The summed E-state index contributed by atoms with van der Waals surface area (Å²) in [6, 6.07) is 5.62. The van der Waals surface area contributed by atoms with E-state index in [-0.39, 0.29) is 5.84 Å². The predicted octanol–water partition coefficient (Wildman–Crippen LogP) is 3.06. The molecule has 0 unspecified atom stereocenters. The second-order valence-corrected chi connectivity index (χ2v) is 6.18. The molecular formula is C14H20ClN3O. The molecule has 0 bridgehead atoms. The van der Waals surface area contributed by atoms with Crippen molar-refractivity contribution >= 4 is 23.1 Å². The van der Waals surface area contributed by atoms with Gasteiger partial charge in [0, 0.05) is 18.8 Å². The quantitative estimate of drug-likeness (QED) is 0.379. The fourth-order valence-corrected chi connectivity index (χ4v) is 2.70. The zero-order chi connectivity index (χ0) is 14.0. The number of amidine groups is 1. The molecule has 0 radical (unpaired) electrons. The Hall–Kier alpha value is -1.42. The molecule has 104 valence electrons. The molecule has 4 nitrogen and oxygen atoms in total. The Balaban J connectivity index is 2.33. The van der Waals surface area contributed by atoms with E-state index in [1.807, 2.05) is 12.1 Å². The van der Waals surface area contributed by atoms with Crippen LogP contribution in [0.3, 0.4) is 0 Å². The summed E-state index contributed by atoms with van der Waals surface area (Å²) in [5.74, 6) is 0.0606. The van der Waals surface area contributed by atoms with Gasteiger partial charge in [0.15, 0.2) is 5.84 Å². The standard InChI is InChI=1S/C14H20ClN3O/c1-14(2)6-8-18(9-7-14)11-5-3-4-10(15)12(11)13(16)17-19/h3-5,19H,6-9H2,1-2H3,(H2,16,17). The van der Waals surface area contributed by atoms with Crippen LogP contribution < -0.4 is 10.6 Å². The minimum Gasteiger partial charge on any atom is -0.409 e. The molecule has 0 saturated carbocycles. The summed E-state index contributed by atoms with van der Waals surface area (Å²) in [6.45, 7) is 6.48. The highest BCUT2D eigenvalue weighted by atomic mass is 35.5. The summed E-state index contributed by atoms with van der Waals surface area (Å²) < 4.78 is 0. The van der Waals surface area contributed by atoms with Crippen molar-refractivity contribution in [3.63, 3.8) is 0 Å². The van der Waals surface area contributed by atoms with Crippen molar-refractivity contribution in [2.75, 3.05) is 18.0 Å². The third-order valence-corrected chi connectivity index (χ3v) is 4.13. The van der Waals surface area contributed by atoms with Gasteiger partial charge in [-0.2, -0.15) is 0 Å². The maximum atomic E-state index is 8.90. The number of hydrogen-bond acceptors (Lipinski definition) is 3. The number of nitrogens with zero attached hydrogens (tertiary/aromatic N) is 2. The van der Waals surface area contributed by atoms with E-state index in [1.165, 1.54) is 0 Å². The zero-order valence-electron chi connectivity index (χ0n) is 11.4. The van der Waals surface area contributed by atoms with Crippen molar-refractivity contribution in [3.05, 3.63) is 28.8 Å². The fraction of sp³-hybridized carbons (Fsp3) is 0.500. The largest absolute Gasteiger partial charge is 0.409 e. The number of hydrogen-bond donors (Lipinski definition) is 2. The monoisotopic (exact) mass is 281 g/mol. The van der Waals surface area contributed by atoms with Crippen molar-refractivity contribution in [3.8, 4) is 0 Å². The van der Waals surface area contributed by atoms with Crippen molar-refractivity contribution in [1.29, 1.82) is 0 Å². The smallest absolute Gasteiger partial charge is 0.173 e. The Kier molecular flexibility index (Phi) is 3.90. The molecule has 1 aliphatic rings. The van der Waals surface area contributed by atoms with Crippen LogP contribution in [0.2, 0.25) is 5.02 Å². The first-order chi connectivity index (χ1) is 8.94. The number of rotatable bonds is 2. The molecule has 19 heavy (non-hydrogen) atoms. The van der Waals surface area contributed by atoms with Crippen LogP contribution in [0.25, 0.3) is 0 Å². The Morgan fingerprint density at radius 1 is 1.37 bits per heavy atom. The minimum atomic E-state index is 0.0606. The first-order valence-electron chi connectivity index (χ1n) is 6.46. The lowest BCUT2D eigenvalue weighted by atomic mass is 9.82. The third-order valence-electron chi connectivity index (χ3n) is 3.81. The van der Waals surface area contributed by atoms with Crippen LogP contribution in [0, 0.1) is 5.41 Å². The summed E-state index contributed by atoms with van der Waals surface area (Å²) in [4.78, 5) is 2.25. The summed E-state index contributed by atoms with van der Waals surface area (Å²) in [6.07, 6.45) is 2.24. The Bertz CT molecular complexity index is 489. The maximum Gasteiger partial charge on any atom is 0.173 e. The van der Waals surface area contributed by atoms with Crippen molar-refractivity contribution in [2.24, 2.45) is 16.3 Å². The molecule has 0 aromatic heterocycles. The lowest BCUT2D eigenvalue weighted by Crippen LogP contribution is -2.38. The molecule has 1 saturated heterocycles. The SMILES string of the molecule is CC1(C)CCN(c2cccc(Cl)c2C(N)=NO)CC1. The number of piperidine rings is 1. The molecule has 1 fully saturated rings. The van der Waals surface area contributed by atoms with Crippen molar-refractivity contribution in [1.82, 2.24) is 0 Å². The van der Waals surface area contributed by atoms with E-state index in [0.717, 1.165) is 31.6 Å². The van der Waals surface area contributed by atoms with E-state index in [2.05, 4.69) is 23.9 Å². The molecule has 0 spiro atoms. The molecule has 1 aromatic carbocycles. The summed E-state index contributed by atoms with van der Waals surface area (Å²) >= 11 is 6.18. The molecule has 3 N–H and O–H groups in total. The van der Waals surface area contributed by atoms with Gasteiger partial charge in [-0.25, -0.2) is 0 Å². The van der Waals surface area contributed by atoms with Gasteiger partial charge in [0.05, 0.1) is 10.6 Å². The minimum absolute atomic E-state index is 0.0606. The molecule has 1 heterocycles. The van der Waals surface area contributed by atoms with E-state index >= 15 is 0 Å². The van der Waals surface area contributed by atoms with Gasteiger partial charge in [-0.3, -0.25) is 0 Å². The second kappa shape index (κ2) is 5.29. The molecule has 0 amide bonds. The Labute approximate surface area is 118 Å². The summed E-state index contributed by atoms with van der Waals surface area (Å²) in [5.41, 5.74) is 7.69. The van der Waals surface area contributed by atoms with Gasteiger partial charge in [0.2, 0.25) is 0 Å². The number of anilines is 1. The highest BCUT2D eigenvalue weighted by Crippen LogP contribution is 2.35. The van der Waals surface area contributed by atoms with Crippen LogP contribution in [0.5, 0.6) is 0 Å². The molecule has 0 atom stereocenters. The van der Waals surface area contributed by atoms with Crippen LogP contribution in [0.4, 0.5) is 5.69 Å². The fourth-order valence-electron chi connectivity index (χ4n) is 2.43. The summed E-state index contributed by atoms with van der Waals surface area (Å²) in [5, 5.41) is 12.5. The van der Waals surface area contributed by atoms with Crippen LogP contribution >= 0.6 is 11.6 Å². The van der Waals surface area contributed by atoms with E-state index in [9.17, 15) is 0 Å². The molecule has 1 aliphatic heterocycles. The highest BCUT2D eigenvalue weighted by Gasteiger charge is 2.27. The molecule has 5 heteroatoms. The van der Waals surface area contributed by atoms with Crippen LogP contribution in [-0.4, -0.2) is 24.1 Å². The van der Waals surface area contributed by atoms with Crippen LogP contribution in [0.15, 0.2) is 23.4 Å². The number of oxime groups is 1. The van der Waals surface area contributed by atoms with Gasteiger partial charge < -0.3 is 15.8 Å². The van der Waals surface area contributed by atoms with Gasteiger partial charge in [-0.1, -0.05) is 36.7 Å². The highest BCUT2D eigenvalue weighted by molar-refractivity contribution is 6.34. The van der Waals surface area contributed by atoms with E-state index in [1.54, 1.807) is 6.07 Å². The van der Waals surface area contributed by atoms with E-state index < -0.39 is 0 Å². The Morgan fingerprint density at radius 3 is 2.58 bits per heavy atom. The first kappa shape index (κ1) is 14.0. The zero-order valence-corrected chi connectivity index (χ0v) is 12.1. The van der Waals surface area contributed by atoms with Crippen molar-refractivity contribution < 1.29 is 5.21 Å². The number of nitrogens with two attached hydrogens (primary N) is 1. The number of benzene rings is 1. The third kappa shape index (κ3) is 2.95. The molecule has 2 rings (SSSR count). The average molecular weight is 282 g/mol. The normalized spacial score (nSPS) is 19.5. The second-order valence-electron chi connectivity index (χ2n) is 5.77. The predicted molar refractivity (Wildman–Crippen MR) is 79.2 cm³/mol. The van der Waals surface area contributed by atoms with E-state index in [0.29, 0.717) is 16.0 Å². The topological polar surface area (TPSA) is 61.8 Å². The maximum absolute atomic E-state index is 8.90. The average Bonchev–Trinajstić information content (AvgIpc) is 2.37. The number of halogens is 1.